The molecule has 6 heterocycles. The first-order valence-electron chi connectivity index (χ1n) is 39.2. The summed E-state index contributed by atoms with van der Waals surface area (Å²) in [5.74, 6) is 1.48. The maximum Gasteiger partial charge on any atom is 0.212 e. The van der Waals surface area contributed by atoms with E-state index in [-0.39, 0.29) is 0 Å². The predicted octanol–water partition coefficient (Wildman–Crippen LogP) is 22.3. The van der Waals surface area contributed by atoms with Gasteiger partial charge in [0.05, 0.1) is 33.4 Å². The second-order valence-electron chi connectivity index (χ2n) is 30.6. The molecule has 2 aliphatic carbocycles. The molecule has 6 nitrogen and oxygen atoms in total. The second-order valence-corrected chi connectivity index (χ2v) is 30.6. The Bertz CT molecular complexity index is 5360. The molecule has 14 aromatic rings. The SMILES string of the molecule is Cc1cc(-c2ccc(C3CCCCC3)cc2)ccc1-c1cc(-c2cccc[n+]2C)c(C)c(-c2cccc[n+]2C)c1.Cc1cc(-c2ccccc2)ccc1-c1cc(-c2cccc[n+]2C)c(C)c(-c2cccc[n+]2C)c1.Cc1cc(C2CCCCC2)ccc1-c1cc(-c2cccc[n+]2C)c(C)c(-c2cccc[n+]2C)c1. The van der Waals surface area contributed by atoms with Crippen molar-refractivity contribution in [2.24, 2.45) is 42.3 Å². The standard InChI is InChI=1S/C38H40N2.C32H36N2.C32H30N2/c1-27-24-32(31-18-16-30(17-19-31)29-12-6-5-7-13-29)20-21-34(27)33-25-35(37-14-8-10-22-39(37)3)28(2)36(26-33)38-15-9-11-23-40(38)4;2*1-23-20-26(25-12-6-5-7-13-25)16-17-28(23)27-21-29(31-14-8-10-18-33(31)3)24(2)30(22-27)32-15-9-11-19-34(32)4/h8-11,14-26,29H,5-7,12-13H2,1-4H3;8-11,14-22,25H,5-7,12-13H2,1-4H3;5-22H,1-4H3/q3*+2. The predicted molar refractivity (Wildman–Crippen MR) is 446 cm³/mol. The molecule has 2 saturated carbocycles. The van der Waals surface area contributed by atoms with Gasteiger partial charge in [-0.2, -0.15) is 0 Å². The van der Waals surface area contributed by atoms with E-state index in [9.17, 15) is 0 Å². The highest BCUT2D eigenvalue weighted by molar-refractivity contribution is 5.87. The van der Waals surface area contributed by atoms with Crippen LogP contribution in [-0.2, 0) is 42.3 Å². The van der Waals surface area contributed by atoms with Crippen LogP contribution in [0.5, 0.6) is 0 Å². The van der Waals surface area contributed by atoms with Crippen molar-refractivity contribution in [1.29, 1.82) is 0 Å². The minimum atomic E-state index is 0.734. The molecule has 0 atom stereocenters. The van der Waals surface area contributed by atoms with Crippen molar-refractivity contribution in [3.05, 3.63) is 336 Å². The Labute approximate surface area is 643 Å². The van der Waals surface area contributed by atoms with Gasteiger partial charge in [-0.05, 0) is 252 Å². The average molecular weight is 1420 g/mol. The first-order chi connectivity index (χ1) is 52.5. The zero-order valence-corrected chi connectivity index (χ0v) is 65.6. The average Bonchev–Trinajstić information content (AvgIpc) is 0.778. The Balaban J connectivity index is 0.000000136. The molecule has 0 bridgehead atoms. The van der Waals surface area contributed by atoms with E-state index in [1.54, 1.807) is 0 Å². The van der Waals surface area contributed by atoms with Gasteiger partial charge in [0.1, 0.15) is 42.3 Å². The Kier molecular flexibility index (Phi) is 22.6. The highest BCUT2D eigenvalue weighted by Crippen LogP contribution is 2.43. The zero-order valence-electron chi connectivity index (χ0n) is 65.6. The van der Waals surface area contributed by atoms with E-state index in [0.717, 1.165) is 11.8 Å². The number of pyridine rings is 6. The summed E-state index contributed by atoms with van der Waals surface area (Å²) in [5, 5.41) is 0. The van der Waals surface area contributed by atoms with Crippen LogP contribution in [0.1, 0.15) is 121 Å². The van der Waals surface area contributed by atoms with Crippen LogP contribution in [0.25, 0.3) is 123 Å². The van der Waals surface area contributed by atoms with Crippen LogP contribution in [0.2, 0.25) is 0 Å². The van der Waals surface area contributed by atoms with E-state index >= 15 is 0 Å². The largest absolute Gasteiger partial charge is 0.212 e. The van der Waals surface area contributed by atoms with E-state index in [2.05, 4.69) is 403 Å². The quantitative estimate of drug-likeness (QED) is 0.103. The highest BCUT2D eigenvalue weighted by atomic mass is 14.9. The summed E-state index contributed by atoms with van der Waals surface area (Å²) in [6, 6.07) is 93.7. The minimum absolute atomic E-state index is 0.734. The number of hydrogen-bond donors (Lipinski definition) is 0. The van der Waals surface area contributed by atoms with Gasteiger partial charge < -0.3 is 0 Å². The molecule has 6 aromatic heterocycles. The first kappa shape index (κ1) is 73.6. The van der Waals surface area contributed by atoms with Gasteiger partial charge in [-0.25, -0.2) is 27.4 Å². The Morgan fingerprint density at radius 3 is 0.741 bits per heavy atom. The number of benzene rings is 8. The maximum absolute atomic E-state index is 2.45. The molecule has 6 heteroatoms. The van der Waals surface area contributed by atoms with Gasteiger partial charge in [0.2, 0.25) is 34.2 Å². The third-order valence-corrected chi connectivity index (χ3v) is 23.3. The van der Waals surface area contributed by atoms with Gasteiger partial charge in [0, 0.05) is 72.8 Å². The van der Waals surface area contributed by atoms with E-state index < -0.39 is 0 Å². The number of aryl methyl sites for hydroxylation is 9. The van der Waals surface area contributed by atoms with Crippen LogP contribution in [0.15, 0.2) is 292 Å². The lowest BCUT2D eigenvalue weighted by Crippen LogP contribution is -2.31. The number of hydrogen-bond acceptors (Lipinski definition) is 0. The molecule has 16 rings (SSSR count). The molecule has 0 N–H and O–H groups in total. The Morgan fingerprint density at radius 2 is 0.454 bits per heavy atom. The molecule has 0 aliphatic heterocycles. The monoisotopic (exact) mass is 1410 g/mol. The second kappa shape index (κ2) is 33.2. The molecule has 8 aromatic carbocycles. The number of nitrogens with zero attached hydrogens (tertiary/aromatic N) is 6. The molecule has 0 amide bonds. The molecular weight excluding hydrogens is 1310 g/mol. The van der Waals surface area contributed by atoms with Crippen LogP contribution in [-0.4, -0.2) is 0 Å². The Hall–Kier alpha value is -11.3. The van der Waals surface area contributed by atoms with Gasteiger partial charge in [0.25, 0.3) is 0 Å². The summed E-state index contributed by atoms with van der Waals surface area (Å²) in [5.41, 5.74) is 38.5. The van der Waals surface area contributed by atoms with Crippen LogP contribution in [0.3, 0.4) is 0 Å². The van der Waals surface area contributed by atoms with E-state index in [4.69, 9.17) is 0 Å². The summed E-state index contributed by atoms with van der Waals surface area (Å²) in [6.45, 7) is 13.5. The molecule has 2 fully saturated rings. The zero-order chi connectivity index (χ0) is 75.0. The van der Waals surface area contributed by atoms with Crippen LogP contribution in [0, 0.1) is 41.5 Å². The summed E-state index contributed by atoms with van der Waals surface area (Å²) in [6.07, 6.45) is 26.4. The van der Waals surface area contributed by atoms with Crippen molar-refractivity contribution in [3.8, 4) is 123 Å². The van der Waals surface area contributed by atoms with Crippen molar-refractivity contribution < 1.29 is 27.4 Å². The molecule has 0 radical (unpaired) electrons. The molecule has 2 aliphatic rings. The van der Waals surface area contributed by atoms with Gasteiger partial charge in [-0.15, -0.1) is 0 Å². The summed E-state index contributed by atoms with van der Waals surface area (Å²) >= 11 is 0. The fraction of sp³-hybridized carbons (Fsp3) is 0.235. The van der Waals surface area contributed by atoms with Crippen molar-refractivity contribution >= 4 is 0 Å². The van der Waals surface area contributed by atoms with Gasteiger partial charge in [0.15, 0.2) is 37.2 Å². The third-order valence-electron chi connectivity index (χ3n) is 23.3. The molecule has 538 valence electrons. The van der Waals surface area contributed by atoms with Crippen LogP contribution < -0.4 is 27.4 Å². The fourth-order valence-electron chi connectivity index (χ4n) is 17.1. The van der Waals surface area contributed by atoms with Crippen LogP contribution >= 0.6 is 0 Å². The van der Waals surface area contributed by atoms with Gasteiger partial charge in [-0.1, -0.05) is 148 Å². The lowest BCUT2D eigenvalue weighted by atomic mass is 9.82. The normalized spacial score (nSPS) is 13.1. The highest BCUT2D eigenvalue weighted by Gasteiger charge is 2.27. The van der Waals surface area contributed by atoms with Gasteiger partial charge >= 0.3 is 0 Å². The number of aromatic nitrogens is 6. The lowest BCUT2D eigenvalue weighted by molar-refractivity contribution is -0.660. The smallest absolute Gasteiger partial charge is 0.201 e. The minimum Gasteiger partial charge on any atom is -0.201 e. The molecule has 0 spiro atoms. The van der Waals surface area contributed by atoms with E-state index in [1.165, 1.54) is 232 Å². The van der Waals surface area contributed by atoms with Gasteiger partial charge in [-0.3, -0.25) is 0 Å². The van der Waals surface area contributed by atoms with Crippen LogP contribution in [0.4, 0.5) is 0 Å². The summed E-state index contributed by atoms with van der Waals surface area (Å²) in [4.78, 5) is 0. The topological polar surface area (TPSA) is 23.3 Å². The summed E-state index contributed by atoms with van der Waals surface area (Å²) in [7, 11) is 12.8. The van der Waals surface area contributed by atoms with Crippen molar-refractivity contribution in [2.45, 2.75) is 118 Å². The maximum atomic E-state index is 2.45. The molecular formula is C102H106N6+6. The van der Waals surface area contributed by atoms with E-state index in [0.29, 0.717) is 0 Å². The van der Waals surface area contributed by atoms with Crippen molar-refractivity contribution in [1.82, 2.24) is 0 Å². The third kappa shape index (κ3) is 16.0. The molecule has 108 heavy (non-hydrogen) atoms. The number of rotatable bonds is 13. The van der Waals surface area contributed by atoms with Crippen molar-refractivity contribution in [2.75, 3.05) is 0 Å². The lowest BCUT2D eigenvalue weighted by Gasteiger charge is -2.23. The molecule has 0 unspecified atom stereocenters. The van der Waals surface area contributed by atoms with Crippen molar-refractivity contribution in [3.63, 3.8) is 0 Å². The first-order valence-corrected chi connectivity index (χ1v) is 39.2. The summed E-state index contributed by atoms with van der Waals surface area (Å²) < 4.78 is 13.3. The molecule has 0 saturated heterocycles. The fourth-order valence-corrected chi connectivity index (χ4v) is 17.1. The Morgan fingerprint density at radius 1 is 0.204 bits per heavy atom. The van der Waals surface area contributed by atoms with E-state index in [1.807, 2.05) is 0 Å².